The molecule has 0 amide bonds. The van der Waals surface area contributed by atoms with E-state index in [1.54, 1.807) is 18.2 Å². The summed E-state index contributed by atoms with van der Waals surface area (Å²) < 4.78 is 10.9. The third-order valence-corrected chi connectivity index (χ3v) is 2.24. The van der Waals surface area contributed by atoms with Crippen molar-refractivity contribution in [3.63, 3.8) is 0 Å². The third-order valence-electron chi connectivity index (χ3n) is 2.24. The smallest absolute Gasteiger partial charge is 0.243 e. The van der Waals surface area contributed by atoms with Crippen LogP contribution in [-0.4, -0.2) is 18.1 Å². The first-order valence-corrected chi connectivity index (χ1v) is 5.62. The van der Waals surface area contributed by atoms with E-state index >= 15 is 0 Å². The first-order valence-electron chi connectivity index (χ1n) is 5.62. The van der Waals surface area contributed by atoms with E-state index in [4.69, 9.17) is 9.47 Å². The number of nitrogens with zero attached hydrogens (tertiary/aromatic N) is 1. The van der Waals surface area contributed by atoms with Crippen molar-refractivity contribution < 1.29 is 14.4 Å². The molecule has 0 spiro atoms. The molecule has 0 radical (unpaired) electrons. The van der Waals surface area contributed by atoms with Gasteiger partial charge in [0.25, 0.3) is 0 Å². The number of nitro groups is 1. The van der Waals surface area contributed by atoms with Crippen molar-refractivity contribution in [1.29, 1.82) is 0 Å². The van der Waals surface area contributed by atoms with Crippen molar-refractivity contribution in [1.82, 2.24) is 0 Å². The Kier molecular flexibility index (Phi) is 4.71. The molecule has 0 aliphatic heterocycles. The fourth-order valence-corrected chi connectivity index (χ4v) is 1.45. The van der Waals surface area contributed by atoms with E-state index in [9.17, 15) is 10.1 Å². The summed E-state index contributed by atoms with van der Waals surface area (Å²) in [4.78, 5) is 10.2. The van der Waals surface area contributed by atoms with Crippen LogP contribution in [0.2, 0.25) is 0 Å². The van der Waals surface area contributed by atoms with Gasteiger partial charge in [0.15, 0.2) is 11.5 Å². The Morgan fingerprint density at radius 1 is 1.44 bits per heavy atom. The lowest BCUT2D eigenvalue weighted by molar-refractivity contribution is -0.422. The Morgan fingerprint density at radius 2 is 2.11 bits per heavy atom. The summed E-state index contributed by atoms with van der Waals surface area (Å²) in [5.74, 6) is 1.09. The normalized spacial score (nSPS) is 11.5. The number of methoxy groups -OCH3 is 1. The second kappa shape index (κ2) is 6.05. The number of allylic oxidation sites excluding steroid dienone is 1. The lowest BCUT2D eigenvalue weighted by Gasteiger charge is -2.15. The average Bonchev–Trinajstić information content (AvgIpc) is 2.30. The van der Waals surface area contributed by atoms with Crippen LogP contribution < -0.4 is 9.47 Å². The average molecular weight is 251 g/mol. The van der Waals surface area contributed by atoms with Gasteiger partial charge < -0.3 is 9.47 Å². The molecule has 0 saturated heterocycles. The number of ether oxygens (including phenoxy) is 2. The summed E-state index contributed by atoms with van der Waals surface area (Å²) in [6, 6.07) is 5.29. The molecule has 0 N–H and O–H groups in total. The van der Waals surface area contributed by atoms with Crippen LogP contribution >= 0.6 is 0 Å². The Hall–Kier alpha value is -2.04. The summed E-state index contributed by atoms with van der Waals surface area (Å²) in [6.45, 7) is 5.22. The topological polar surface area (TPSA) is 61.6 Å². The van der Waals surface area contributed by atoms with Crippen LogP contribution in [0.3, 0.4) is 0 Å². The molecule has 5 nitrogen and oxygen atoms in total. The number of hydrogen-bond acceptors (Lipinski definition) is 4. The van der Waals surface area contributed by atoms with E-state index in [1.807, 2.05) is 13.8 Å². The van der Waals surface area contributed by atoms with Crippen molar-refractivity contribution in [2.24, 2.45) is 0 Å². The van der Waals surface area contributed by atoms with Crippen LogP contribution in [-0.2, 0) is 0 Å². The molecule has 0 aliphatic rings. The number of benzene rings is 1. The predicted octanol–water partition coefficient (Wildman–Crippen LogP) is 3.12. The summed E-state index contributed by atoms with van der Waals surface area (Å²) in [6.07, 6.45) is 1.43. The number of hydrogen-bond donors (Lipinski definition) is 0. The van der Waals surface area contributed by atoms with Crippen molar-refractivity contribution in [3.8, 4) is 11.5 Å². The molecule has 1 aromatic carbocycles. The number of para-hydroxylation sites is 1. The van der Waals surface area contributed by atoms with E-state index in [2.05, 4.69) is 0 Å². The monoisotopic (exact) mass is 251 g/mol. The molecule has 0 bridgehead atoms. The molecular formula is C13H17NO4. The summed E-state index contributed by atoms with van der Waals surface area (Å²) in [5.41, 5.74) is 0.689. The zero-order chi connectivity index (χ0) is 13.7. The lowest BCUT2D eigenvalue weighted by atomic mass is 10.1. The van der Waals surface area contributed by atoms with Crippen LogP contribution in [0.25, 0.3) is 6.08 Å². The van der Waals surface area contributed by atoms with Gasteiger partial charge in [-0.15, -0.1) is 0 Å². The maximum absolute atomic E-state index is 10.7. The summed E-state index contributed by atoms with van der Waals surface area (Å²) >= 11 is 0. The Balaban J connectivity index is 3.25. The molecule has 5 heteroatoms. The summed E-state index contributed by atoms with van der Waals surface area (Å²) in [7, 11) is 1.54. The molecular weight excluding hydrogens is 234 g/mol. The van der Waals surface area contributed by atoms with Crippen molar-refractivity contribution in [2.45, 2.75) is 26.9 Å². The predicted molar refractivity (Wildman–Crippen MR) is 69.4 cm³/mol. The van der Waals surface area contributed by atoms with Crippen LogP contribution in [0, 0.1) is 10.1 Å². The largest absolute Gasteiger partial charge is 0.493 e. The third kappa shape index (κ3) is 3.48. The Bertz CT molecular complexity index is 466. The molecule has 0 unspecified atom stereocenters. The highest BCUT2D eigenvalue weighted by atomic mass is 16.6. The molecule has 0 fully saturated rings. The van der Waals surface area contributed by atoms with Gasteiger partial charge in [-0.25, -0.2) is 0 Å². The Labute approximate surface area is 106 Å². The molecule has 0 heterocycles. The highest BCUT2D eigenvalue weighted by molar-refractivity contribution is 5.63. The molecule has 0 atom stereocenters. The van der Waals surface area contributed by atoms with E-state index in [1.165, 1.54) is 20.1 Å². The molecule has 98 valence electrons. The van der Waals surface area contributed by atoms with Gasteiger partial charge in [-0.05, 0) is 19.9 Å². The molecule has 1 rings (SSSR count). The van der Waals surface area contributed by atoms with Crippen LogP contribution in [0.15, 0.2) is 23.9 Å². The maximum atomic E-state index is 10.7. The molecule has 0 aliphatic carbocycles. The van der Waals surface area contributed by atoms with Gasteiger partial charge in [-0.2, -0.15) is 0 Å². The fourth-order valence-electron chi connectivity index (χ4n) is 1.45. The Morgan fingerprint density at radius 3 is 2.61 bits per heavy atom. The minimum Gasteiger partial charge on any atom is -0.493 e. The standard InChI is InChI=1S/C13H17NO4/c1-9(2)18-13-11(8-10(3)14(15)16)6-5-7-12(13)17-4/h5-9H,1-4H3/b10-8-. The van der Waals surface area contributed by atoms with E-state index in [0.717, 1.165) is 0 Å². The zero-order valence-corrected chi connectivity index (χ0v) is 11.0. The van der Waals surface area contributed by atoms with Gasteiger partial charge >= 0.3 is 0 Å². The second-order valence-electron chi connectivity index (χ2n) is 4.09. The first kappa shape index (κ1) is 14.0. The van der Waals surface area contributed by atoms with Crippen molar-refractivity contribution >= 4 is 6.08 Å². The minimum atomic E-state index is -0.432. The van der Waals surface area contributed by atoms with Gasteiger partial charge in [0, 0.05) is 18.6 Å². The first-order chi connectivity index (χ1) is 8.45. The zero-order valence-electron chi connectivity index (χ0n) is 11.0. The van der Waals surface area contributed by atoms with E-state index in [-0.39, 0.29) is 11.8 Å². The minimum absolute atomic E-state index is 0.0376. The van der Waals surface area contributed by atoms with Crippen LogP contribution in [0.5, 0.6) is 11.5 Å². The second-order valence-corrected chi connectivity index (χ2v) is 4.09. The van der Waals surface area contributed by atoms with Gasteiger partial charge in [0.2, 0.25) is 5.70 Å². The van der Waals surface area contributed by atoms with Gasteiger partial charge in [0.05, 0.1) is 18.1 Å². The highest BCUT2D eigenvalue weighted by Crippen LogP contribution is 2.33. The maximum Gasteiger partial charge on any atom is 0.243 e. The van der Waals surface area contributed by atoms with E-state index < -0.39 is 4.92 Å². The van der Waals surface area contributed by atoms with Gasteiger partial charge in [-0.1, -0.05) is 12.1 Å². The lowest BCUT2D eigenvalue weighted by Crippen LogP contribution is -2.08. The molecule has 0 aromatic heterocycles. The molecule has 18 heavy (non-hydrogen) atoms. The van der Waals surface area contributed by atoms with Gasteiger partial charge in [-0.3, -0.25) is 10.1 Å². The van der Waals surface area contributed by atoms with Crippen molar-refractivity contribution in [3.05, 3.63) is 39.6 Å². The molecule has 0 saturated carbocycles. The van der Waals surface area contributed by atoms with Crippen LogP contribution in [0.1, 0.15) is 26.3 Å². The SMILES string of the molecule is COc1cccc(/C=C(/C)[N+](=O)[O-])c1OC(C)C. The van der Waals surface area contributed by atoms with Crippen LogP contribution in [0.4, 0.5) is 0 Å². The number of rotatable bonds is 5. The van der Waals surface area contributed by atoms with Crippen molar-refractivity contribution in [2.75, 3.05) is 7.11 Å². The quantitative estimate of drug-likeness (QED) is 0.595. The highest BCUT2D eigenvalue weighted by Gasteiger charge is 2.13. The molecule has 1 aromatic rings. The fraction of sp³-hybridized carbons (Fsp3) is 0.385. The van der Waals surface area contributed by atoms with Gasteiger partial charge in [0.1, 0.15) is 0 Å². The summed E-state index contributed by atoms with van der Waals surface area (Å²) in [5, 5.41) is 10.7. The van der Waals surface area contributed by atoms with E-state index in [0.29, 0.717) is 17.1 Å².